The van der Waals surface area contributed by atoms with Crippen molar-refractivity contribution in [2.75, 3.05) is 0 Å². The Hall–Kier alpha value is -5.19. The molecule has 0 radical (unpaired) electrons. The summed E-state index contributed by atoms with van der Waals surface area (Å²) in [6.45, 7) is 0.456. The first-order valence-electron chi connectivity index (χ1n) is 12.1. The summed E-state index contributed by atoms with van der Waals surface area (Å²) in [5, 5.41) is 15.2. The van der Waals surface area contributed by atoms with Crippen LogP contribution in [0, 0.1) is 35.7 Å². The van der Waals surface area contributed by atoms with Crippen molar-refractivity contribution in [3.8, 4) is 17.2 Å². The molecule has 1 unspecified atom stereocenters. The molecule has 0 spiro atoms. The van der Waals surface area contributed by atoms with E-state index in [1.54, 1.807) is 0 Å². The summed E-state index contributed by atoms with van der Waals surface area (Å²) in [6, 6.07) is 9.58. The number of aromatic nitrogens is 3. The zero-order chi connectivity index (χ0) is 30.8. The summed E-state index contributed by atoms with van der Waals surface area (Å²) in [4.78, 5) is 29.2. The Morgan fingerprint density at radius 1 is 1.10 bits per heavy atom. The van der Waals surface area contributed by atoms with E-state index >= 15 is 0 Å². The van der Waals surface area contributed by atoms with Crippen LogP contribution >= 0.6 is 0 Å². The van der Waals surface area contributed by atoms with E-state index in [0.717, 1.165) is 18.2 Å². The molecule has 216 valence electrons. The molecule has 0 fully saturated rings. The van der Waals surface area contributed by atoms with E-state index in [2.05, 4.69) is 15.4 Å². The van der Waals surface area contributed by atoms with Crippen molar-refractivity contribution in [3.05, 3.63) is 106 Å². The van der Waals surface area contributed by atoms with Gasteiger partial charge in [-0.25, -0.2) is 13.2 Å². The van der Waals surface area contributed by atoms with Gasteiger partial charge in [-0.05, 0) is 54.8 Å². The fourth-order valence-corrected chi connectivity index (χ4v) is 4.41. The molecule has 0 aliphatic rings. The van der Waals surface area contributed by atoms with Gasteiger partial charge in [0.2, 0.25) is 5.91 Å². The fraction of sp³-hybridized carbons (Fsp3) is 0.179. The molecule has 42 heavy (non-hydrogen) atoms. The summed E-state index contributed by atoms with van der Waals surface area (Å²) in [5.41, 5.74) is 3.26. The minimum absolute atomic E-state index is 0.104. The Morgan fingerprint density at radius 3 is 2.38 bits per heavy atom. The van der Waals surface area contributed by atoms with Crippen LogP contribution < -0.4 is 11.1 Å². The summed E-state index contributed by atoms with van der Waals surface area (Å²) in [6.07, 6.45) is -3.82. The van der Waals surface area contributed by atoms with E-state index in [1.807, 2.05) is 0 Å². The molecule has 4 aromatic rings. The summed E-state index contributed by atoms with van der Waals surface area (Å²) < 4.78 is 83.0. The Bertz CT molecular complexity index is 1710. The third kappa shape index (κ3) is 6.41. The van der Waals surface area contributed by atoms with E-state index in [-0.39, 0.29) is 28.9 Å². The maximum atomic E-state index is 14.2. The van der Waals surface area contributed by atoms with Crippen LogP contribution in [0.1, 0.15) is 44.6 Å². The highest BCUT2D eigenvalue weighted by atomic mass is 19.4. The first-order valence-corrected chi connectivity index (χ1v) is 12.1. The Labute approximate surface area is 234 Å². The number of nitriles is 1. The van der Waals surface area contributed by atoms with Crippen molar-refractivity contribution < 1.29 is 35.9 Å². The van der Waals surface area contributed by atoms with Crippen molar-refractivity contribution in [2.24, 2.45) is 5.73 Å². The number of rotatable bonds is 8. The van der Waals surface area contributed by atoms with Crippen molar-refractivity contribution >= 4 is 11.8 Å². The minimum Gasteiger partial charge on any atom is -0.366 e. The van der Waals surface area contributed by atoms with Gasteiger partial charge < -0.3 is 11.1 Å². The molecule has 2 aromatic carbocycles. The Morgan fingerprint density at radius 2 is 1.79 bits per heavy atom. The van der Waals surface area contributed by atoms with Crippen LogP contribution in [0.5, 0.6) is 0 Å². The molecular formula is C28H20F6N6O2. The summed E-state index contributed by atoms with van der Waals surface area (Å²) >= 11 is 0. The molecule has 3 N–H and O–H groups in total. The first kappa shape index (κ1) is 29.8. The molecule has 8 nitrogen and oxygen atoms in total. The topological polar surface area (TPSA) is 127 Å². The molecular weight excluding hydrogens is 566 g/mol. The number of hydrogen-bond donors (Lipinski definition) is 2. The lowest BCUT2D eigenvalue weighted by molar-refractivity contribution is -0.142. The van der Waals surface area contributed by atoms with Gasteiger partial charge in [-0.2, -0.15) is 23.5 Å². The molecule has 0 aliphatic heterocycles. The molecule has 2 amide bonds. The molecule has 1 atom stereocenters. The van der Waals surface area contributed by atoms with E-state index in [1.165, 1.54) is 43.5 Å². The van der Waals surface area contributed by atoms with Crippen molar-refractivity contribution in [1.29, 1.82) is 5.26 Å². The van der Waals surface area contributed by atoms with E-state index < -0.39 is 64.8 Å². The number of nitrogens with zero attached hydrogens (tertiary/aromatic N) is 4. The fourth-order valence-electron chi connectivity index (χ4n) is 4.41. The average molecular weight is 586 g/mol. The smallest absolute Gasteiger partial charge is 0.366 e. The first-order chi connectivity index (χ1) is 19.8. The second-order valence-electron chi connectivity index (χ2n) is 9.17. The lowest BCUT2D eigenvalue weighted by Crippen LogP contribution is -2.34. The number of halogens is 6. The van der Waals surface area contributed by atoms with Gasteiger partial charge in [-0.1, -0.05) is 12.1 Å². The molecule has 0 bridgehead atoms. The van der Waals surface area contributed by atoms with Gasteiger partial charge in [0.1, 0.15) is 35.6 Å². The van der Waals surface area contributed by atoms with Crippen LogP contribution in [0.25, 0.3) is 11.1 Å². The zero-order valence-electron chi connectivity index (χ0n) is 21.6. The third-order valence-electron chi connectivity index (χ3n) is 6.29. The average Bonchev–Trinajstić information content (AvgIpc) is 3.23. The quantitative estimate of drug-likeness (QED) is 0.288. The maximum absolute atomic E-state index is 14.2. The van der Waals surface area contributed by atoms with Crippen molar-refractivity contribution in [2.45, 2.75) is 32.1 Å². The lowest BCUT2D eigenvalue weighted by atomic mass is 9.94. The highest BCUT2D eigenvalue weighted by molar-refractivity contribution is 5.94. The third-order valence-corrected chi connectivity index (χ3v) is 6.29. The normalized spacial score (nSPS) is 12.0. The molecule has 14 heteroatoms. The molecule has 2 heterocycles. The highest BCUT2D eigenvalue weighted by Crippen LogP contribution is 2.33. The van der Waals surface area contributed by atoms with Gasteiger partial charge in [0.05, 0.1) is 23.0 Å². The number of amides is 2. The monoisotopic (exact) mass is 586 g/mol. The van der Waals surface area contributed by atoms with E-state index in [9.17, 15) is 41.2 Å². The lowest BCUT2D eigenvalue weighted by Gasteiger charge is -2.22. The Balaban J connectivity index is 1.75. The van der Waals surface area contributed by atoms with Crippen molar-refractivity contribution in [1.82, 2.24) is 20.1 Å². The Kier molecular flexibility index (Phi) is 8.32. The second kappa shape index (κ2) is 11.7. The van der Waals surface area contributed by atoms with Crippen molar-refractivity contribution in [3.63, 3.8) is 0 Å². The number of nitrogens with one attached hydrogen (secondary N) is 1. The molecule has 4 rings (SSSR count). The number of carbonyl (C=O) groups excluding carboxylic acids is 2. The molecule has 0 saturated heterocycles. The predicted molar refractivity (Wildman–Crippen MR) is 136 cm³/mol. The van der Waals surface area contributed by atoms with Gasteiger partial charge >= 0.3 is 6.18 Å². The number of nitrogens with two attached hydrogens (primary N) is 1. The highest BCUT2D eigenvalue weighted by Gasteiger charge is 2.39. The number of carbonyl (C=O) groups is 2. The second-order valence-corrected chi connectivity index (χ2v) is 9.17. The number of pyridine rings is 1. The molecule has 0 saturated carbocycles. The van der Waals surface area contributed by atoms with E-state index in [4.69, 9.17) is 5.73 Å². The largest absolute Gasteiger partial charge is 0.436 e. The number of hydrogen-bond acceptors (Lipinski definition) is 5. The number of primary amides is 1. The van der Waals surface area contributed by atoms with Crippen LogP contribution in [0.3, 0.4) is 0 Å². The van der Waals surface area contributed by atoms with Crippen LogP contribution in [-0.4, -0.2) is 26.6 Å². The van der Waals surface area contributed by atoms with Gasteiger partial charge in [-0.3, -0.25) is 19.3 Å². The summed E-state index contributed by atoms with van der Waals surface area (Å²) in [7, 11) is 0. The van der Waals surface area contributed by atoms with Crippen LogP contribution in [-0.2, 0) is 23.9 Å². The molecule has 2 aromatic heterocycles. The van der Waals surface area contributed by atoms with Crippen LogP contribution in [0.4, 0.5) is 26.3 Å². The zero-order valence-corrected chi connectivity index (χ0v) is 21.6. The summed E-state index contributed by atoms with van der Waals surface area (Å²) in [5.74, 6) is -4.56. The predicted octanol–water partition coefficient (Wildman–Crippen LogP) is 4.76. The van der Waals surface area contributed by atoms with Gasteiger partial charge in [0, 0.05) is 17.8 Å². The number of benzene rings is 2. The number of alkyl halides is 3. The van der Waals surface area contributed by atoms with Gasteiger partial charge in [0.15, 0.2) is 5.69 Å². The minimum atomic E-state index is -4.94. The van der Waals surface area contributed by atoms with E-state index in [0.29, 0.717) is 16.3 Å². The van der Waals surface area contributed by atoms with Crippen LogP contribution in [0.2, 0.25) is 0 Å². The maximum Gasteiger partial charge on any atom is 0.436 e. The molecule has 0 aliphatic carbocycles. The van der Waals surface area contributed by atoms with Gasteiger partial charge in [0.25, 0.3) is 5.91 Å². The van der Waals surface area contributed by atoms with Gasteiger partial charge in [-0.15, -0.1) is 0 Å². The van der Waals surface area contributed by atoms with Crippen LogP contribution in [0.15, 0.2) is 54.7 Å². The standard InChI is InChI=1S/C28H20F6N6O2/c1-14-21(12-35)26(28(32,33)34)39-40(14)13-24(41)38-23(9-15-7-17(29)11-18(30)8-15)25-19(3-2-6-37-25)16-4-5-22(31)20(10-16)27(36)42/h2-8,10-11,23H,9,13H2,1H3,(H2,36,42)(H,38,41). The SMILES string of the molecule is Cc1c(C#N)c(C(F)(F)F)nn1CC(=O)NC(Cc1cc(F)cc(F)c1)c1ncccc1-c1ccc(F)c(C(N)=O)c1.